The Kier molecular flexibility index (Phi) is 6.97. The Labute approximate surface area is 169 Å². The molecule has 0 spiro atoms. The first-order chi connectivity index (χ1) is 13.5. The summed E-state index contributed by atoms with van der Waals surface area (Å²) in [5.74, 6) is -1.57. The molecule has 1 amide bonds. The SMILES string of the molecule is CCOC(=O)c1ccc(NC(=O)[C@H](C)N(c2ccc(F)cc2)S(C)(=O)=O)c(C)c1. The van der Waals surface area contributed by atoms with E-state index in [-0.39, 0.29) is 12.3 Å². The number of hydrogen-bond donors (Lipinski definition) is 1. The molecule has 29 heavy (non-hydrogen) atoms. The number of nitrogens with one attached hydrogen (secondary N) is 1. The molecule has 9 heteroatoms. The van der Waals surface area contributed by atoms with Crippen molar-refractivity contribution < 1.29 is 27.1 Å². The van der Waals surface area contributed by atoms with Crippen molar-refractivity contribution in [3.63, 3.8) is 0 Å². The van der Waals surface area contributed by atoms with Crippen LogP contribution in [-0.4, -0.2) is 39.2 Å². The van der Waals surface area contributed by atoms with Gasteiger partial charge in [-0.15, -0.1) is 0 Å². The lowest BCUT2D eigenvalue weighted by Crippen LogP contribution is -2.45. The topological polar surface area (TPSA) is 92.8 Å². The van der Waals surface area contributed by atoms with Gasteiger partial charge in [-0.1, -0.05) is 0 Å². The van der Waals surface area contributed by atoms with E-state index < -0.39 is 33.8 Å². The zero-order valence-electron chi connectivity index (χ0n) is 16.6. The molecule has 0 heterocycles. The lowest BCUT2D eigenvalue weighted by atomic mass is 10.1. The maximum Gasteiger partial charge on any atom is 0.338 e. The molecule has 0 fully saturated rings. The molecule has 0 saturated carbocycles. The number of carbonyl (C=O) groups excluding carboxylic acids is 2. The molecule has 0 radical (unpaired) electrons. The molecular weight excluding hydrogens is 399 g/mol. The number of carbonyl (C=O) groups is 2. The van der Waals surface area contributed by atoms with Gasteiger partial charge >= 0.3 is 5.97 Å². The molecule has 7 nitrogen and oxygen atoms in total. The van der Waals surface area contributed by atoms with Crippen molar-refractivity contribution in [1.29, 1.82) is 0 Å². The second-order valence-corrected chi connectivity index (χ2v) is 8.31. The molecule has 0 unspecified atom stereocenters. The zero-order chi connectivity index (χ0) is 21.8. The fourth-order valence-corrected chi connectivity index (χ4v) is 3.95. The van der Waals surface area contributed by atoms with Crippen molar-refractivity contribution in [2.24, 2.45) is 0 Å². The zero-order valence-corrected chi connectivity index (χ0v) is 17.4. The first-order valence-corrected chi connectivity index (χ1v) is 10.7. The van der Waals surface area contributed by atoms with Gasteiger partial charge in [0.25, 0.3) is 0 Å². The highest BCUT2D eigenvalue weighted by Gasteiger charge is 2.29. The highest BCUT2D eigenvalue weighted by atomic mass is 32.2. The van der Waals surface area contributed by atoms with E-state index in [0.29, 0.717) is 16.8 Å². The summed E-state index contributed by atoms with van der Waals surface area (Å²) < 4.78 is 43.6. The predicted octanol–water partition coefficient (Wildman–Crippen LogP) is 3.10. The lowest BCUT2D eigenvalue weighted by Gasteiger charge is -2.28. The van der Waals surface area contributed by atoms with Crippen LogP contribution in [0.5, 0.6) is 0 Å². The van der Waals surface area contributed by atoms with Gasteiger partial charge in [0.1, 0.15) is 11.9 Å². The number of halogens is 1. The molecular formula is C20H23FN2O5S. The van der Waals surface area contributed by atoms with Gasteiger partial charge in [0, 0.05) is 5.69 Å². The largest absolute Gasteiger partial charge is 0.462 e. The van der Waals surface area contributed by atoms with Gasteiger partial charge in [-0.25, -0.2) is 17.6 Å². The number of amides is 1. The van der Waals surface area contributed by atoms with Crippen LogP contribution >= 0.6 is 0 Å². The summed E-state index contributed by atoms with van der Waals surface area (Å²) >= 11 is 0. The van der Waals surface area contributed by atoms with Gasteiger partial charge < -0.3 is 10.1 Å². The number of anilines is 2. The lowest BCUT2D eigenvalue weighted by molar-refractivity contribution is -0.116. The van der Waals surface area contributed by atoms with Crippen LogP contribution in [0.3, 0.4) is 0 Å². The second kappa shape index (κ2) is 9.04. The van der Waals surface area contributed by atoms with Gasteiger partial charge in [0.15, 0.2) is 0 Å². The minimum Gasteiger partial charge on any atom is -0.462 e. The third-order valence-corrected chi connectivity index (χ3v) is 5.41. The second-order valence-electron chi connectivity index (χ2n) is 6.45. The molecule has 2 aromatic carbocycles. The van der Waals surface area contributed by atoms with E-state index in [2.05, 4.69) is 5.32 Å². The number of aryl methyl sites for hydroxylation is 1. The van der Waals surface area contributed by atoms with Crippen LogP contribution in [0, 0.1) is 12.7 Å². The van der Waals surface area contributed by atoms with Gasteiger partial charge in [-0.2, -0.15) is 0 Å². The smallest absolute Gasteiger partial charge is 0.338 e. The van der Waals surface area contributed by atoms with Crippen molar-refractivity contribution in [3.8, 4) is 0 Å². The summed E-state index contributed by atoms with van der Waals surface area (Å²) in [6, 6.07) is 8.37. The van der Waals surface area contributed by atoms with Crippen molar-refractivity contribution in [3.05, 3.63) is 59.4 Å². The van der Waals surface area contributed by atoms with Crippen LogP contribution < -0.4 is 9.62 Å². The van der Waals surface area contributed by atoms with Crippen molar-refractivity contribution in [1.82, 2.24) is 0 Å². The standard InChI is InChI=1S/C20H23FN2O5S/c1-5-28-20(25)15-6-11-18(13(2)12-15)22-19(24)14(3)23(29(4,26)27)17-9-7-16(21)8-10-17/h6-12,14H,5H2,1-4H3,(H,22,24)/t14-/m0/s1. The highest BCUT2D eigenvalue weighted by Crippen LogP contribution is 2.23. The molecule has 0 aliphatic heterocycles. The van der Waals surface area contributed by atoms with Crippen molar-refractivity contribution >= 4 is 33.3 Å². The Morgan fingerprint density at radius 3 is 2.31 bits per heavy atom. The highest BCUT2D eigenvalue weighted by molar-refractivity contribution is 7.92. The maximum absolute atomic E-state index is 13.2. The first-order valence-electron chi connectivity index (χ1n) is 8.88. The summed E-state index contributed by atoms with van der Waals surface area (Å²) in [5.41, 5.74) is 1.57. The van der Waals surface area contributed by atoms with E-state index in [1.165, 1.54) is 25.1 Å². The molecule has 0 saturated heterocycles. The third kappa shape index (κ3) is 5.54. The summed E-state index contributed by atoms with van der Waals surface area (Å²) in [4.78, 5) is 24.5. The average molecular weight is 422 g/mol. The minimum absolute atomic E-state index is 0.172. The van der Waals surface area contributed by atoms with Crippen LogP contribution in [0.4, 0.5) is 15.8 Å². The Morgan fingerprint density at radius 2 is 1.79 bits per heavy atom. The maximum atomic E-state index is 13.2. The summed E-state index contributed by atoms with van der Waals surface area (Å²) in [6.07, 6.45) is 0.972. The number of sulfonamides is 1. The van der Waals surface area contributed by atoms with Gasteiger partial charge in [0.05, 0.1) is 24.1 Å². The molecule has 0 bridgehead atoms. The normalized spacial score (nSPS) is 12.2. The number of hydrogen-bond acceptors (Lipinski definition) is 5. The molecule has 2 rings (SSSR count). The number of benzene rings is 2. The summed E-state index contributed by atoms with van der Waals surface area (Å²) in [6.45, 7) is 5.09. The molecule has 0 aliphatic rings. The Hall–Kier alpha value is -2.94. The molecule has 0 aliphatic carbocycles. The first kappa shape index (κ1) is 22.4. The molecule has 1 N–H and O–H groups in total. The predicted molar refractivity (Wildman–Crippen MR) is 109 cm³/mol. The van der Waals surface area contributed by atoms with Crippen LogP contribution in [0.25, 0.3) is 0 Å². The molecule has 1 atom stereocenters. The van der Waals surface area contributed by atoms with Crippen molar-refractivity contribution in [2.75, 3.05) is 22.5 Å². The Morgan fingerprint density at radius 1 is 1.17 bits per heavy atom. The Balaban J connectivity index is 2.26. The van der Waals surface area contributed by atoms with Crippen LogP contribution in [-0.2, 0) is 19.6 Å². The molecule has 2 aromatic rings. The van der Waals surface area contributed by atoms with E-state index in [1.807, 2.05) is 0 Å². The fourth-order valence-electron chi connectivity index (χ4n) is 2.78. The van der Waals surface area contributed by atoms with Crippen molar-refractivity contribution in [2.45, 2.75) is 26.8 Å². The van der Waals surface area contributed by atoms with E-state index in [0.717, 1.165) is 22.7 Å². The Bertz CT molecular complexity index is 1010. The number of esters is 1. The van der Waals surface area contributed by atoms with Crippen LogP contribution in [0.15, 0.2) is 42.5 Å². The number of rotatable bonds is 7. The third-order valence-electron chi connectivity index (χ3n) is 4.17. The van der Waals surface area contributed by atoms with E-state index in [1.54, 1.807) is 26.0 Å². The van der Waals surface area contributed by atoms with Gasteiger partial charge in [-0.3, -0.25) is 9.10 Å². The van der Waals surface area contributed by atoms with E-state index >= 15 is 0 Å². The minimum atomic E-state index is -3.81. The van der Waals surface area contributed by atoms with Gasteiger partial charge in [-0.05, 0) is 68.8 Å². The van der Waals surface area contributed by atoms with Gasteiger partial charge in [0.2, 0.25) is 15.9 Å². The molecule has 0 aromatic heterocycles. The fraction of sp³-hybridized carbons (Fsp3) is 0.300. The number of ether oxygens (including phenoxy) is 1. The summed E-state index contributed by atoms with van der Waals surface area (Å²) in [7, 11) is -3.81. The van der Waals surface area contributed by atoms with E-state index in [4.69, 9.17) is 4.74 Å². The number of nitrogens with zero attached hydrogens (tertiary/aromatic N) is 1. The summed E-state index contributed by atoms with van der Waals surface area (Å²) in [5, 5.41) is 2.67. The quantitative estimate of drug-likeness (QED) is 0.692. The van der Waals surface area contributed by atoms with Crippen LogP contribution in [0.1, 0.15) is 29.8 Å². The van der Waals surface area contributed by atoms with E-state index in [9.17, 15) is 22.4 Å². The molecule has 156 valence electrons. The monoisotopic (exact) mass is 422 g/mol. The van der Waals surface area contributed by atoms with Crippen LogP contribution in [0.2, 0.25) is 0 Å². The average Bonchev–Trinajstić information content (AvgIpc) is 2.64.